The molecule has 0 aliphatic heterocycles. The molecule has 21 heavy (non-hydrogen) atoms. The van der Waals surface area contributed by atoms with Gasteiger partial charge in [0.1, 0.15) is 0 Å². The average Bonchev–Trinajstić information content (AvgIpc) is 2.84. The van der Waals surface area contributed by atoms with E-state index in [4.69, 9.17) is 0 Å². The largest absolute Gasteiger partial charge is 0.304 e. The van der Waals surface area contributed by atoms with Crippen molar-refractivity contribution >= 4 is 22.9 Å². The van der Waals surface area contributed by atoms with E-state index in [-0.39, 0.29) is 5.91 Å². The van der Waals surface area contributed by atoms with Crippen LogP contribution in [0.3, 0.4) is 0 Å². The molecule has 0 aliphatic rings. The molecule has 0 bridgehead atoms. The molecule has 5 nitrogen and oxygen atoms in total. The van der Waals surface area contributed by atoms with Crippen molar-refractivity contribution in [3.05, 3.63) is 60.2 Å². The van der Waals surface area contributed by atoms with E-state index in [1.54, 1.807) is 0 Å². The second-order valence-corrected chi connectivity index (χ2v) is 4.80. The third-order valence-electron chi connectivity index (χ3n) is 3.19. The van der Waals surface area contributed by atoms with Crippen molar-refractivity contribution < 1.29 is 4.79 Å². The normalized spacial score (nSPS) is 10.5. The summed E-state index contributed by atoms with van der Waals surface area (Å²) in [6.07, 6.45) is 0. The van der Waals surface area contributed by atoms with Crippen LogP contribution < -0.4 is 10.9 Å². The third kappa shape index (κ3) is 2.86. The van der Waals surface area contributed by atoms with Gasteiger partial charge in [-0.25, -0.2) is 4.98 Å². The Hall–Kier alpha value is -2.82. The van der Waals surface area contributed by atoms with Crippen LogP contribution in [0.15, 0.2) is 54.6 Å². The molecule has 0 radical (unpaired) electrons. The predicted molar refractivity (Wildman–Crippen MR) is 82.7 cm³/mol. The number of fused-ring (bicyclic) bond motifs is 1. The number of nitrogens with one attached hydrogen (secondary N) is 2. The maximum absolute atomic E-state index is 11.1. The van der Waals surface area contributed by atoms with E-state index in [1.807, 2.05) is 47.0 Å². The first kappa shape index (κ1) is 13.2. The summed E-state index contributed by atoms with van der Waals surface area (Å²) in [5.74, 6) is 0.462. The molecule has 0 fully saturated rings. The number of hydrogen-bond acceptors (Lipinski definition) is 3. The van der Waals surface area contributed by atoms with Gasteiger partial charge in [-0.2, -0.15) is 0 Å². The number of hydrazine groups is 1. The van der Waals surface area contributed by atoms with Crippen molar-refractivity contribution in [1.29, 1.82) is 0 Å². The third-order valence-corrected chi connectivity index (χ3v) is 3.19. The number of rotatable bonds is 4. The highest BCUT2D eigenvalue weighted by molar-refractivity contribution is 5.80. The van der Waals surface area contributed by atoms with Crippen molar-refractivity contribution in [2.45, 2.75) is 13.5 Å². The molecule has 0 atom stereocenters. The minimum absolute atomic E-state index is 0.159. The minimum atomic E-state index is -0.159. The Morgan fingerprint density at radius 3 is 2.57 bits per heavy atom. The molecule has 2 aromatic carbocycles. The van der Waals surface area contributed by atoms with E-state index in [0.717, 1.165) is 11.0 Å². The average molecular weight is 280 g/mol. The number of imidazole rings is 1. The number of carbonyl (C=O) groups is 1. The van der Waals surface area contributed by atoms with Crippen molar-refractivity contribution in [1.82, 2.24) is 15.0 Å². The number of benzene rings is 2. The molecule has 5 heteroatoms. The fourth-order valence-electron chi connectivity index (χ4n) is 2.24. The van der Waals surface area contributed by atoms with E-state index in [9.17, 15) is 4.79 Å². The smallest absolute Gasteiger partial charge is 0.235 e. The van der Waals surface area contributed by atoms with Crippen LogP contribution in [0.5, 0.6) is 0 Å². The number of anilines is 1. The highest BCUT2D eigenvalue weighted by atomic mass is 16.2. The first-order chi connectivity index (χ1) is 10.2. The summed E-state index contributed by atoms with van der Waals surface area (Å²) in [6.45, 7) is 2.14. The van der Waals surface area contributed by atoms with Crippen LogP contribution in [0.2, 0.25) is 0 Å². The van der Waals surface area contributed by atoms with Crippen molar-refractivity contribution in [3.8, 4) is 0 Å². The molecule has 0 aliphatic carbocycles. The number of hydrogen-bond donors (Lipinski definition) is 2. The molecule has 3 rings (SSSR count). The van der Waals surface area contributed by atoms with E-state index in [1.165, 1.54) is 12.5 Å². The summed E-state index contributed by atoms with van der Waals surface area (Å²) >= 11 is 0. The lowest BCUT2D eigenvalue weighted by atomic mass is 10.2. The molecule has 106 valence electrons. The lowest BCUT2D eigenvalue weighted by molar-refractivity contribution is -0.118. The Morgan fingerprint density at radius 2 is 1.81 bits per heavy atom. The second kappa shape index (κ2) is 5.66. The molecule has 1 heterocycles. The Labute approximate surface area is 122 Å². The van der Waals surface area contributed by atoms with E-state index in [2.05, 4.69) is 28.0 Å². The van der Waals surface area contributed by atoms with Crippen molar-refractivity contribution in [2.75, 3.05) is 5.43 Å². The van der Waals surface area contributed by atoms with Gasteiger partial charge in [0.15, 0.2) is 0 Å². The van der Waals surface area contributed by atoms with E-state index < -0.39 is 0 Å². The monoisotopic (exact) mass is 280 g/mol. The van der Waals surface area contributed by atoms with Gasteiger partial charge in [0, 0.05) is 6.92 Å². The summed E-state index contributed by atoms with van der Waals surface area (Å²) in [5, 5.41) is 0. The number of carbonyl (C=O) groups excluding carboxylic acids is 1. The second-order valence-electron chi connectivity index (χ2n) is 4.80. The summed E-state index contributed by atoms with van der Waals surface area (Å²) in [7, 11) is 0. The highest BCUT2D eigenvalue weighted by Crippen LogP contribution is 2.20. The SMILES string of the molecule is CC(=O)NNc1nc2ccccc2n1Cc1ccccc1. The zero-order valence-corrected chi connectivity index (χ0v) is 11.7. The first-order valence-electron chi connectivity index (χ1n) is 6.76. The fourth-order valence-corrected chi connectivity index (χ4v) is 2.24. The molecule has 0 spiro atoms. The zero-order valence-electron chi connectivity index (χ0n) is 11.7. The van der Waals surface area contributed by atoms with Crippen molar-refractivity contribution in [2.24, 2.45) is 0 Å². The predicted octanol–water partition coefficient (Wildman–Crippen LogP) is 2.55. The standard InChI is InChI=1S/C16H16N4O/c1-12(21)18-19-16-17-14-9-5-6-10-15(14)20(16)11-13-7-3-2-4-8-13/h2-10H,11H2,1H3,(H,17,19)(H,18,21). The molecular weight excluding hydrogens is 264 g/mol. The van der Waals surface area contributed by atoms with Crippen LogP contribution in [0.4, 0.5) is 5.95 Å². The van der Waals surface area contributed by atoms with E-state index >= 15 is 0 Å². The maximum Gasteiger partial charge on any atom is 0.235 e. The quantitative estimate of drug-likeness (QED) is 0.722. The molecule has 3 aromatic rings. The summed E-state index contributed by atoms with van der Waals surface area (Å²) in [6, 6.07) is 18.0. The molecular formula is C16H16N4O. The molecule has 1 amide bonds. The number of aromatic nitrogens is 2. The highest BCUT2D eigenvalue weighted by Gasteiger charge is 2.10. The number of nitrogens with zero attached hydrogens (tertiary/aromatic N) is 2. The van der Waals surface area contributed by atoms with Crippen LogP contribution >= 0.6 is 0 Å². The van der Waals surface area contributed by atoms with Gasteiger partial charge < -0.3 is 4.57 Å². The number of para-hydroxylation sites is 2. The molecule has 2 N–H and O–H groups in total. The lowest BCUT2D eigenvalue weighted by Crippen LogP contribution is -2.28. The topological polar surface area (TPSA) is 59.0 Å². The Balaban J connectivity index is 2.00. The van der Waals surface area contributed by atoms with Crippen LogP contribution in [0, 0.1) is 0 Å². The van der Waals surface area contributed by atoms with Gasteiger partial charge in [-0.05, 0) is 17.7 Å². The van der Waals surface area contributed by atoms with Gasteiger partial charge in [-0.3, -0.25) is 15.6 Å². The maximum atomic E-state index is 11.1. The van der Waals surface area contributed by atoms with Gasteiger partial charge in [-0.1, -0.05) is 42.5 Å². The van der Waals surface area contributed by atoms with Gasteiger partial charge in [-0.15, -0.1) is 0 Å². The Bertz CT molecular complexity index is 764. The van der Waals surface area contributed by atoms with Crippen molar-refractivity contribution in [3.63, 3.8) is 0 Å². The first-order valence-corrected chi connectivity index (χ1v) is 6.76. The molecule has 0 saturated heterocycles. The summed E-state index contributed by atoms with van der Waals surface area (Å²) in [4.78, 5) is 15.6. The zero-order chi connectivity index (χ0) is 14.7. The number of amides is 1. The molecule has 0 saturated carbocycles. The molecule has 1 aromatic heterocycles. The minimum Gasteiger partial charge on any atom is -0.304 e. The van der Waals surface area contributed by atoms with Gasteiger partial charge in [0.2, 0.25) is 11.9 Å². The van der Waals surface area contributed by atoms with Crippen LogP contribution in [0.1, 0.15) is 12.5 Å². The Morgan fingerprint density at radius 1 is 1.10 bits per heavy atom. The summed E-state index contributed by atoms with van der Waals surface area (Å²) in [5.41, 5.74) is 8.54. The molecule has 0 unspecified atom stereocenters. The van der Waals surface area contributed by atoms with Gasteiger partial charge in [0.25, 0.3) is 0 Å². The van der Waals surface area contributed by atoms with Crippen LogP contribution in [-0.4, -0.2) is 15.5 Å². The summed E-state index contributed by atoms with van der Waals surface area (Å²) < 4.78 is 2.04. The Kier molecular flexibility index (Phi) is 3.55. The fraction of sp³-hybridized carbons (Fsp3) is 0.125. The van der Waals surface area contributed by atoms with E-state index in [0.29, 0.717) is 12.5 Å². The van der Waals surface area contributed by atoms with Gasteiger partial charge in [0.05, 0.1) is 17.6 Å². The van der Waals surface area contributed by atoms with Crippen LogP contribution in [0.25, 0.3) is 11.0 Å². The van der Waals surface area contributed by atoms with Gasteiger partial charge >= 0.3 is 0 Å². The lowest BCUT2D eigenvalue weighted by Gasteiger charge is -2.11. The van der Waals surface area contributed by atoms with Crippen LogP contribution in [-0.2, 0) is 11.3 Å².